The van der Waals surface area contributed by atoms with Crippen molar-refractivity contribution in [3.8, 4) is 0 Å². The van der Waals surface area contributed by atoms with E-state index in [4.69, 9.17) is 0 Å². The van der Waals surface area contributed by atoms with E-state index >= 15 is 0 Å². The molecule has 0 nitrogen and oxygen atoms in total. The van der Waals surface area contributed by atoms with Crippen molar-refractivity contribution in [1.82, 2.24) is 0 Å². The van der Waals surface area contributed by atoms with Gasteiger partial charge in [-0.05, 0) is 0 Å². The molecule has 0 unspecified atom stereocenters. The van der Waals surface area contributed by atoms with Crippen LogP contribution in [0.2, 0.25) is 10.0 Å². The maximum atomic E-state index is 2.30. The second-order valence-corrected chi connectivity index (χ2v) is 5.98. The zero-order valence-electron chi connectivity index (χ0n) is 6.43. The van der Waals surface area contributed by atoms with Crippen molar-refractivity contribution in [2.75, 3.05) is 0 Å². The molecule has 9 heavy (non-hydrogen) atoms. The summed E-state index contributed by atoms with van der Waals surface area (Å²) in [6.45, 7) is 4.19. The molecule has 0 spiro atoms. The number of allylic oxidation sites excluding steroid dienone is 4. The molecule has 0 aliphatic carbocycles. The van der Waals surface area contributed by atoms with Gasteiger partial charge < -0.3 is 0 Å². The van der Waals surface area contributed by atoms with Gasteiger partial charge in [-0.15, -0.1) is 0 Å². The zero-order valence-corrected chi connectivity index (χ0v) is 9.40. The Labute approximate surface area is 65.6 Å². The van der Waals surface area contributed by atoms with Gasteiger partial charge in [0.15, 0.2) is 0 Å². The van der Waals surface area contributed by atoms with Crippen molar-refractivity contribution in [3.63, 3.8) is 0 Å². The standard InChI is InChI=1S/2C4H7.Zn/c2*1-3-4-2;/h2*3-4H,1H2,2H3;. The first-order valence-corrected chi connectivity index (χ1v) is 7.83. The van der Waals surface area contributed by atoms with E-state index in [0.717, 1.165) is 0 Å². The van der Waals surface area contributed by atoms with E-state index in [1.807, 2.05) is 0 Å². The topological polar surface area (TPSA) is 0 Å². The average molecular weight is 176 g/mol. The van der Waals surface area contributed by atoms with Crippen LogP contribution in [-0.2, 0) is 17.1 Å². The van der Waals surface area contributed by atoms with Crippen molar-refractivity contribution in [2.45, 2.75) is 23.9 Å². The molecule has 48 valence electrons. The van der Waals surface area contributed by atoms with Crippen LogP contribution in [0.3, 0.4) is 0 Å². The van der Waals surface area contributed by atoms with Crippen molar-refractivity contribution in [2.24, 2.45) is 0 Å². The summed E-state index contributed by atoms with van der Waals surface area (Å²) in [6, 6.07) is 0. The van der Waals surface area contributed by atoms with Gasteiger partial charge in [-0.25, -0.2) is 0 Å². The molecule has 1 heteroatoms. The second-order valence-electron chi connectivity index (χ2n) is 2.07. The summed E-state index contributed by atoms with van der Waals surface area (Å²) in [7, 11) is 0. The Morgan fingerprint density at radius 2 is 1.44 bits per heavy atom. The summed E-state index contributed by atoms with van der Waals surface area (Å²) in [6.07, 6.45) is 8.90. The summed E-state index contributed by atoms with van der Waals surface area (Å²) in [5.41, 5.74) is 0. The molecule has 0 aromatic rings. The van der Waals surface area contributed by atoms with Gasteiger partial charge in [-0.1, -0.05) is 0 Å². The molecule has 0 amide bonds. The maximum absolute atomic E-state index is 2.30. The fourth-order valence-corrected chi connectivity index (χ4v) is 3.57. The Morgan fingerprint density at radius 3 is 1.78 bits per heavy atom. The van der Waals surface area contributed by atoms with Crippen molar-refractivity contribution < 1.29 is 17.1 Å². The van der Waals surface area contributed by atoms with Gasteiger partial charge in [0.05, 0.1) is 0 Å². The Balaban J connectivity index is 2.91. The molecule has 0 atom stereocenters. The predicted octanol–water partition coefficient (Wildman–Crippen LogP) is 3.06. The molecule has 0 aliphatic rings. The SMILES string of the molecule is CC=C[CH2][Zn][CH2]C=CC. The van der Waals surface area contributed by atoms with Crippen LogP contribution in [0.5, 0.6) is 0 Å². The number of rotatable bonds is 4. The van der Waals surface area contributed by atoms with E-state index in [-0.39, 0.29) is 17.1 Å². The molecular weight excluding hydrogens is 161 g/mol. The molecule has 0 rings (SSSR count). The van der Waals surface area contributed by atoms with E-state index < -0.39 is 0 Å². The van der Waals surface area contributed by atoms with Gasteiger partial charge in [0.1, 0.15) is 0 Å². The van der Waals surface area contributed by atoms with Crippen LogP contribution in [-0.4, -0.2) is 0 Å². The van der Waals surface area contributed by atoms with Crippen LogP contribution in [0.15, 0.2) is 24.3 Å². The minimum atomic E-state index is -0.159. The third-order valence-electron chi connectivity index (χ3n) is 1.21. The van der Waals surface area contributed by atoms with E-state index in [9.17, 15) is 0 Å². The molecule has 0 heterocycles. The van der Waals surface area contributed by atoms with Crippen LogP contribution in [0.25, 0.3) is 0 Å². The Hall–Kier alpha value is 0.103. The summed E-state index contributed by atoms with van der Waals surface area (Å²) in [5, 5.41) is 2.82. The fourth-order valence-electron chi connectivity index (χ4n) is 0.687. The van der Waals surface area contributed by atoms with E-state index in [2.05, 4.69) is 38.2 Å². The zero-order chi connectivity index (χ0) is 6.95. The van der Waals surface area contributed by atoms with Gasteiger partial charge in [0, 0.05) is 0 Å². The first-order chi connectivity index (χ1) is 4.41. The van der Waals surface area contributed by atoms with E-state index in [0.29, 0.717) is 0 Å². The van der Waals surface area contributed by atoms with Gasteiger partial charge >= 0.3 is 65.3 Å². The van der Waals surface area contributed by atoms with Crippen LogP contribution < -0.4 is 0 Å². The first-order valence-electron chi connectivity index (χ1n) is 3.64. The van der Waals surface area contributed by atoms with Gasteiger partial charge in [0.25, 0.3) is 0 Å². The van der Waals surface area contributed by atoms with Gasteiger partial charge in [0.2, 0.25) is 0 Å². The quantitative estimate of drug-likeness (QED) is 0.350. The minimum absolute atomic E-state index is 0.159. The van der Waals surface area contributed by atoms with Crippen LogP contribution in [0, 0.1) is 0 Å². The summed E-state index contributed by atoms with van der Waals surface area (Å²) < 4.78 is 0. The molecule has 0 aliphatic heterocycles. The van der Waals surface area contributed by atoms with Crippen LogP contribution in [0.1, 0.15) is 13.8 Å². The van der Waals surface area contributed by atoms with Crippen molar-refractivity contribution in [1.29, 1.82) is 0 Å². The van der Waals surface area contributed by atoms with Gasteiger partial charge in [-0.2, -0.15) is 0 Å². The van der Waals surface area contributed by atoms with Crippen LogP contribution in [0.4, 0.5) is 0 Å². The predicted molar refractivity (Wildman–Crippen MR) is 39.2 cm³/mol. The molecule has 0 saturated heterocycles. The van der Waals surface area contributed by atoms with E-state index in [1.54, 1.807) is 0 Å². The van der Waals surface area contributed by atoms with Crippen LogP contribution >= 0.6 is 0 Å². The third kappa shape index (κ3) is 8.10. The Bertz CT molecular complexity index is 80.7. The second kappa shape index (κ2) is 8.10. The fraction of sp³-hybridized carbons (Fsp3) is 0.500. The molecule has 0 saturated carbocycles. The molecule has 0 aromatic carbocycles. The molecule has 0 bridgehead atoms. The monoisotopic (exact) mass is 174 g/mol. The van der Waals surface area contributed by atoms with Crippen molar-refractivity contribution >= 4 is 0 Å². The molecule has 0 radical (unpaired) electrons. The number of hydrogen-bond acceptors (Lipinski definition) is 0. The van der Waals surface area contributed by atoms with E-state index in [1.165, 1.54) is 10.0 Å². The normalized spacial score (nSPS) is 10.9. The average Bonchev–Trinajstić information content (AvgIpc) is 1.89. The Morgan fingerprint density at radius 1 is 1.00 bits per heavy atom. The first kappa shape index (κ1) is 9.10. The molecule has 0 aromatic heterocycles. The van der Waals surface area contributed by atoms with Crippen molar-refractivity contribution in [3.05, 3.63) is 24.3 Å². The molecular formula is C8H14Zn. The van der Waals surface area contributed by atoms with Gasteiger partial charge in [-0.3, -0.25) is 0 Å². The summed E-state index contributed by atoms with van der Waals surface area (Å²) in [4.78, 5) is 0. The number of hydrogen-bond donors (Lipinski definition) is 0. The molecule has 0 N–H and O–H groups in total. The Kier molecular flexibility index (Phi) is 8.20. The summed E-state index contributed by atoms with van der Waals surface area (Å²) >= 11 is -0.159. The third-order valence-corrected chi connectivity index (χ3v) is 4.32. The molecule has 0 fully saturated rings. The summed E-state index contributed by atoms with van der Waals surface area (Å²) in [5.74, 6) is 0.